The summed E-state index contributed by atoms with van der Waals surface area (Å²) in [7, 11) is 0. The molecule has 0 aliphatic heterocycles. The molecule has 0 aliphatic rings. The second-order valence-electron chi connectivity index (χ2n) is 2.93. The van der Waals surface area contributed by atoms with Crippen LogP contribution < -0.4 is 0 Å². The lowest BCUT2D eigenvalue weighted by atomic mass is 10.3. The van der Waals surface area contributed by atoms with Gasteiger partial charge in [-0.3, -0.25) is 10.1 Å². The van der Waals surface area contributed by atoms with Crippen LogP contribution in [0.5, 0.6) is 5.75 Å². The van der Waals surface area contributed by atoms with Gasteiger partial charge in [-0.1, -0.05) is 36.4 Å². The lowest BCUT2D eigenvalue weighted by Gasteiger charge is -1.89. The predicted molar refractivity (Wildman–Crippen MR) is 68.5 cm³/mol. The van der Waals surface area contributed by atoms with E-state index in [1.807, 2.05) is 36.4 Å². The van der Waals surface area contributed by atoms with E-state index in [9.17, 15) is 10.1 Å². The van der Waals surface area contributed by atoms with Crippen molar-refractivity contribution in [3.05, 3.63) is 70.8 Å². The van der Waals surface area contributed by atoms with Crippen LogP contribution in [0.2, 0.25) is 0 Å². The second kappa shape index (κ2) is 8.13. The van der Waals surface area contributed by atoms with Crippen molar-refractivity contribution in [2.75, 3.05) is 0 Å². The average Bonchev–Trinajstić information content (AvgIpc) is 2.32. The quantitative estimate of drug-likeness (QED) is 0.626. The number of benzene rings is 2. The molecule has 2 aromatic rings. The van der Waals surface area contributed by atoms with E-state index in [2.05, 4.69) is 0 Å². The summed E-state index contributed by atoms with van der Waals surface area (Å²) in [6, 6.07) is 17.0. The van der Waals surface area contributed by atoms with Crippen LogP contribution in [0.1, 0.15) is 0 Å². The standard InChI is InChI=1S/C6H5NO3.C6H6.ClH/c8-6-3-1-5(2-4-6)7(9)10;1-2-4-6-5-3-1;/h1-4,8H;1-6H;1H. The zero-order valence-corrected chi connectivity index (χ0v) is 9.71. The van der Waals surface area contributed by atoms with Crippen LogP contribution in [0.15, 0.2) is 60.7 Å². The molecule has 0 heterocycles. The topological polar surface area (TPSA) is 63.4 Å². The van der Waals surface area contributed by atoms with Gasteiger partial charge in [0.05, 0.1) is 4.92 Å². The normalized spacial score (nSPS) is 8.24. The fourth-order valence-electron chi connectivity index (χ4n) is 0.959. The summed E-state index contributed by atoms with van der Waals surface area (Å²) < 4.78 is 0. The van der Waals surface area contributed by atoms with Gasteiger partial charge in [0, 0.05) is 12.1 Å². The van der Waals surface area contributed by atoms with Gasteiger partial charge in [0.2, 0.25) is 0 Å². The number of non-ortho nitro benzene ring substituents is 1. The Kier molecular flexibility index (Phi) is 7.14. The van der Waals surface area contributed by atoms with E-state index in [0.717, 1.165) is 0 Å². The highest BCUT2D eigenvalue weighted by Gasteiger charge is 2.01. The van der Waals surface area contributed by atoms with Gasteiger partial charge in [0.25, 0.3) is 5.69 Å². The first-order chi connectivity index (χ1) is 7.70. The molecule has 0 spiro atoms. The molecule has 0 saturated carbocycles. The van der Waals surface area contributed by atoms with E-state index in [0.29, 0.717) is 0 Å². The van der Waals surface area contributed by atoms with Crippen molar-refractivity contribution in [2.45, 2.75) is 0 Å². The molecule has 4 nitrogen and oxygen atoms in total. The number of aromatic hydroxyl groups is 1. The summed E-state index contributed by atoms with van der Waals surface area (Å²) >= 11 is 0. The molecule has 5 heteroatoms. The van der Waals surface area contributed by atoms with Gasteiger partial charge in [-0.2, -0.15) is 0 Å². The monoisotopic (exact) mass is 253 g/mol. The summed E-state index contributed by atoms with van der Waals surface area (Å²) in [4.78, 5) is 9.52. The summed E-state index contributed by atoms with van der Waals surface area (Å²) in [5.74, 6) is 0.0330. The van der Waals surface area contributed by atoms with Gasteiger partial charge in [-0.25, -0.2) is 0 Å². The Morgan fingerprint density at radius 1 is 0.882 bits per heavy atom. The smallest absolute Gasteiger partial charge is 0.269 e. The predicted octanol–water partition coefficient (Wildman–Crippen LogP) is 3.41. The van der Waals surface area contributed by atoms with Gasteiger partial charge in [0.15, 0.2) is 0 Å². The van der Waals surface area contributed by atoms with Crippen molar-refractivity contribution < 1.29 is 10.0 Å². The molecule has 0 radical (unpaired) electrons. The van der Waals surface area contributed by atoms with Gasteiger partial charge in [-0.15, -0.1) is 12.4 Å². The van der Waals surface area contributed by atoms with Crippen LogP contribution >= 0.6 is 12.4 Å². The number of hydrogen-bond donors (Lipinski definition) is 1. The molecular formula is C12H12ClNO3. The third kappa shape index (κ3) is 6.17. The minimum absolute atomic E-state index is 0. The van der Waals surface area contributed by atoms with Crippen molar-refractivity contribution in [3.63, 3.8) is 0 Å². The first kappa shape index (κ1) is 14.9. The number of hydrogen-bond acceptors (Lipinski definition) is 3. The summed E-state index contributed by atoms with van der Waals surface area (Å²) in [5.41, 5.74) is -0.0159. The maximum atomic E-state index is 10.0. The number of phenols is 1. The van der Waals surface area contributed by atoms with Crippen LogP contribution in [0.4, 0.5) is 5.69 Å². The number of phenolic OH excluding ortho intramolecular Hbond substituents is 1. The Morgan fingerprint density at radius 3 is 1.53 bits per heavy atom. The van der Waals surface area contributed by atoms with E-state index < -0.39 is 4.92 Å². The molecule has 2 rings (SSSR count). The zero-order valence-electron chi connectivity index (χ0n) is 8.89. The van der Waals surface area contributed by atoms with Crippen LogP contribution in [0.25, 0.3) is 0 Å². The van der Waals surface area contributed by atoms with Crippen LogP contribution in [0.3, 0.4) is 0 Å². The second-order valence-corrected chi connectivity index (χ2v) is 2.93. The SMILES string of the molecule is Cl.O=[N+]([O-])c1ccc(O)cc1.c1ccccc1. The first-order valence-electron chi connectivity index (χ1n) is 4.63. The number of halogens is 1. The van der Waals surface area contributed by atoms with Crippen LogP contribution in [0, 0.1) is 10.1 Å². The summed E-state index contributed by atoms with van der Waals surface area (Å²) in [5, 5.41) is 18.8. The molecule has 2 aromatic carbocycles. The first-order valence-corrected chi connectivity index (χ1v) is 4.63. The Balaban J connectivity index is 0.000000316. The number of nitrogens with zero attached hydrogens (tertiary/aromatic N) is 1. The van der Waals surface area contributed by atoms with E-state index in [4.69, 9.17) is 5.11 Å². The third-order valence-electron chi connectivity index (χ3n) is 1.73. The van der Waals surface area contributed by atoms with E-state index >= 15 is 0 Å². The zero-order chi connectivity index (χ0) is 11.8. The summed E-state index contributed by atoms with van der Waals surface area (Å²) in [6.45, 7) is 0. The van der Waals surface area contributed by atoms with E-state index in [-0.39, 0.29) is 23.8 Å². The van der Waals surface area contributed by atoms with E-state index in [1.54, 1.807) is 0 Å². The third-order valence-corrected chi connectivity index (χ3v) is 1.73. The average molecular weight is 254 g/mol. The minimum Gasteiger partial charge on any atom is -0.508 e. The van der Waals surface area contributed by atoms with Gasteiger partial charge < -0.3 is 5.11 Å². The van der Waals surface area contributed by atoms with E-state index in [1.165, 1.54) is 24.3 Å². The molecule has 0 aliphatic carbocycles. The molecule has 0 amide bonds. The molecule has 0 fully saturated rings. The Hall–Kier alpha value is -2.07. The highest BCUT2D eigenvalue weighted by molar-refractivity contribution is 5.85. The molecule has 0 saturated heterocycles. The summed E-state index contributed by atoms with van der Waals surface area (Å²) in [6.07, 6.45) is 0. The number of nitro benzene ring substituents is 1. The van der Waals surface area contributed by atoms with Crippen molar-refractivity contribution in [3.8, 4) is 5.75 Å². The number of nitro groups is 1. The maximum Gasteiger partial charge on any atom is 0.269 e. The van der Waals surface area contributed by atoms with Crippen LogP contribution in [-0.4, -0.2) is 10.0 Å². The highest BCUT2D eigenvalue weighted by Crippen LogP contribution is 2.14. The molecule has 17 heavy (non-hydrogen) atoms. The molecule has 90 valence electrons. The Bertz CT molecular complexity index is 405. The van der Waals surface area contributed by atoms with Gasteiger partial charge in [-0.05, 0) is 12.1 Å². The van der Waals surface area contributed by atoms with Gasteiger partial charge in [0.1, 0.15) is 5.75 Å². The molecular weight excluding hydrogens is 242 g/mol. The Labute approximate surface area is 105 Å². The molecule has 0 bridgehead atoms. The van der Waals surface area contributed by atoms with Crippen molar-refractivity contribution in [1.29, 1.82) is 0 Å². The number of rotatable bonds is 1. The molecule has 0 atom stereocenters. The van der Waals surface area contributed by atoms with Crippen LogP contribution in [-0.2, 0) is 0 Å². The fourth-order valence-corrected chi connectivity index (χ4v) is 0.959. The van der Waals surface area contributed by atoms with Crippen molar-refractivity contribution in [1.82, 2.24) is 0 Å². The maximum absolute atomic E-state index is 10.0. The molecule has 1 N–H and O–H groups in total. The lowest BCUT2D eigenvalue weighted by Crippen LogP contribution is -1.85. The molecule has 0 unspecified atom stereocenters. The molecule has 0 aromatic heterocycles. The van der Waals surface area contributed by atoms with Crippen molar-refractivity contribution in [2.24, 2.45) is 0 Å². The largest absolute Gasteiger partial charge is 0.508 e. The Morgan fingerprint density at radius 2 is 1.24 bits per heavy atom. The fraction of sp³-hybridized carbons (Fsp3) is 0. The lowest BCUT2D eigenvalue weighted by molar-refractivity contribution is -0.384. The van der Waals surface area contributed by atoms with Gasteiger partial charge >= 0.3 is 0 Å². The highest BCUT2D eigenvalue weighted by atomic mass is 35.5. The van der Waals surface area contributed by atoms with Crippen molar-refractivity contribution >= 4 is 18.1 Å². The minimum atomic E-state index is -0.514.